The number of benzene rings is 3. The molecule has 1 aliphatic rings. The summed E-state index contributed by atoms with van der Waals surface area (Å²) in [7, 11) is 0. The number of piperazine rings is 1. The van der Waals surface area contributed by atoms with Crippen LogP contribution < -0.4 is 10.6 Å². The van der Waals surface area contributed by atoms with Gasteiger partial charge in [-0.05, 0) is 47.9 Å². The third kappa shape index (κ3) is 10.7. The van der Waals surface area contributed by atoms with Gasteiger partial charge in [0.25, 0.3) is 0 Å². The molecule has 1 amide bonds. The van der Waals surface area contributed by atoms with Gasteiger partial charge in [-0.15, -0.1) is 0 Å². The molecular weight excluding hydrogens is 576 g/mol. The summed E-state index contributed by atoms with van der Waals surface area (Å²) in [5, 5.41) is 15.3. The van der Waals surface area contributed by atoms with Crippen LogP contribution in [0.1, 0.15) is 48.1 Å². The highest BCUT2D eigenvalue weighted by molar-refractivity contribution is 6.30. The van der Waals surface area contributed by atoms with Crippen LogP contribution in [0.15, 0.2) is 78.9 Å². The average Bonchev–Trinajstić information content (AvgIpc) is 3.03. The second kappa shape index (κ2) is 17.4. The first-order valence-corrected chi connectivity index (χ1v) is 15.5. The molecule has 1 aliphatic heterocycles. The zero-order valence-corrected chi connectivity index (χ0v) is 25.9. The van der Waals surface area contributed by atoms with E-state index in [9.17, 15) is 9.59 Å². The second-order valence-electron chi connectivity index (χ2n) is 10.8. The minimum Gasteiger partial charge on any atom is -0.466 e. The Hall–Kier alpha value is -3.87. The molecule has 0 spiro atoms. The van der Waals surface area contributed by atoms with Crippen molar-refractivity contribution in [2.24, 2.45) is 0 Å². The third-order valence-electron chi connectivity index (χ3n) is 7.58. The van der Waals surface area contributed by atoms with Crippen LogP contribution in [0, 0.1) is 11.8 Å². The van der Waals surface area contributed by atoms with Crippen molar-refractivity contribution in [1.82, 2.24) is 20.4 Å². The Morgan fingerprint density at radius 3 is 2.30 bits per heavy atom. The molecule has 232 valence electrons. The molecule has 0 aliphatic carbocycles. The van der Waals surface area contributed by atoms with Gasteiger partial charge in [0.15, 0.2) is 0 Å². The standard InChI is InChI=1S/C35H41ClN4O4/c1-2-44-33(41)24-32(38-25-28-13-11-27(12-14-28)8-6-7-19-37-35(42)43)26-39-20-22-40(23-21-39)34(29-9-4-3-5-10-29)30-15-17-31(36)18-16-30/h3-5,9-18,32,34,37-38H,2,7,19-26H2,1H3,(H,42,43). The van der Waals surface area contributed by atoms with Gasteiger partial charge in [-0.1, -0.05) is 78.0 Å². The zero-order valence-electron chi connectivity index (χ0n) is 25.2. The van der Waals surface area contributed by atoms with E-state index in [2.05, 4.69) is 68.7 Å². The van der Waals surface area contributed by atoms with E-state index in [0.29, 0.717) is 32.5 Å². The van der Waals surface area contributed by atoms with E-state index in [1.165, 1.54) is 11.1 Å². The van der Waals surface area contributed by atoms with Crippen molar-refractivity contribution in [3.05, 3.63) is 106 Å². The summed E-state index contributed by atoms with van der Waals surface area (Å²) in [6.45, 7) is 7.47. The maximum Gasteiger partial charge on any atom is 0.404 e. The Morgan fingerprint density at radius 2 is 1.64 bits per heavy atom. The quantitative estimate of drug-likeness (QED) is 0.139. The van der Waals surface area contributed by atoms with Crippen LogP contribution in [0.25, 0.3) is 0 Å². The summed E-state index contributed by atoms with van der Waals surface area (Å²) in [5.74, 6) is 5.84. The fourth-order valence-electron chi connectivity index (χ4n) is 5.40. The van der Waals surface area contributed by atoms with Gasteiger partial charge in [-0.25, -0.2) is 4.79 Å². The minimum atomic E-state index is -1.04. The number of nitrogens with one attached hydrogen (secondary N) is 2. The van der Waals surface area contributed by atoms with Crippen molar-refractivity contribution in [2.75, 3.05) is 45.9 Å². The number of rotatable bonds is 13. The van der Waals surface area contributed by atoms with Crippen LogP contribution in [-0.4, -0.2) is 78.9 Å². The summed E-state index contributed by atoms with van der Waals surface area (Å²) < 4.78 is 5.28. The smallest absolute Gasteiger partial charge is 0.404 e. The highest BCUT2D eigenvalue weighted by Gasteiger charge is 2.28. The van der Waals surface area contributed by atoms with E-state index < -0.39 is 6.09 Å². The Labute approximate surface area is 265 Å². The topological polar surface area (TPSA) is 94.1 Å². The van der Waals surface area contributed by atoms with Crippen LogP contribution in [0.5, 0.6) is 0 Å². The van der Waals surface area contributed by atoms with Gasteiger partial charge in [-0.2, -0.15) is 0 Å². The molecule has 4 rings (SSSR count). The molecule has 8 nitrogen and oxygen atoms in total. The predicted octanol–water partition coefficient (Wildman–Crippen LogP) is 5.17. The van der Waals surface area contributed by atoms with E-state index in [1.54, 1.807) is 0 Å². The number of carbonyl (C=O) groups excluding carboxylic acids is 1. The van der Waals surface area contributed by atoms with Gasteiger partial charge in [-0.3, -0.25) is 14.6 Å². The first-order chi connectivity index (χ1) is 21.4. The van der Waals surface area contributed by atoms with E-state index in [-0.39, 0.29) is 18.1 Å². The highest BCUT2D eigenvalue weighted by atomic mass is 35.5. The lowest BCUT2D eigenvalue weighted by Gasteiger charge is -2.40. The number of carbonyl (C=O) groups is 2. The number of esters is 1. The lowest BCUT2D eigenvalue weighted by molar-refractivity contribution is -0.143. The Bertz CT molecular complexity index is 1380. The fourth-order valence-corrected chi connectivity index (χ4v) is 5.52. The number of ether oxygens (including phenoxy) is 1. The maximum atomic E-state index is 12.5. The number of hydrogen-bond acceptors (Lipinski definition) is 6. The van der Waals surface area contributed by atoms with Crippen molar-refractivity contribution < 1.29 is 19.4 Å². The van der Waals surface area contributed by atoms with Crippen LogP contribution in [0.2, 0.25) is 5.02 Å². The van der Waals surface area contributed by atoms with Gasteiger partial charge >= 0.3 is 12.1 Å². The molecule has 2 unspecified atom stereocenters. The molecule has 0 bridgehead atoms. The summed E-state index contributed by atoms with van der Waals surface area (Å²) >= 11 is 6.20. The van der Waals surface area contributed by atoms with E-state index in [4.69, 9.17) is 21.4 Å². The number of amides is 1. The molecule has 1 fully saturated rings. The lowest BCUT2D eigenvalue weighted by Crippen LogP contribution is -2.51. The molecular formula is C35H41ClN4O4. The van der Waals surface area contributed by atoms with Crippen molar-refractivity contribution >= 4 is 23.7 Å². The molecule has 9 heteroatoms. The number of carboxylic acid groups (broad SMARTS) is 1. The third-order valence-corrected chi connectivity index (χ3v) is 7.83. The van der Waals surface area contributed by atoms with Crippen molar-refractivity contribution in [3.63, 3.8) is 0 Å². The molecule has 44 heavy (non-hydrogen) atoms. The van der Waals surface area contributed by atoms with Gasteiger partial charge in [0.05, 0.1) is 19.1 Å². The molecule has 0 aromatic heterocycles. The normalized spacial score (nSPS) is 15.0. The summed E-state index contributed by atoms with van der Waals surface area (Å²) in [5.41, 5.74) is 4.45. The molecule has 3 N–H and O–H groups in total. The molecule has 3 aromatic rings. The molecule has 1 heterocycles. The van der Waals surface area contributed by atoms with E-state index in [0.717, 1.165) is 48.9 Å². The van der Waals surface area contributed by atoms with Gasteiger partial charge in [0.2, 0.25) is 0 Å². The number of hydrogen-bond donors (Lipinski definition) is 3. The van der Waals surface area contributed by atoms with Crippen molar-refractivity contribution in [2.45, 2.75) is 38.4 Å². The maximum absolute atomic E-state index is 12.5. The van der Waals surface area contributed by atoms with Crippen molar-refractivity contribution in [3.8, 4) is 11.8 Å². The Balaban J connectivity index is 1.34. The SMILES string of the molecule is CCOC(=O)CC(CN1CCN(C(c2ccccc2)c2ccc(Cl)cc2)CC1)NCc1ccc(C#CCCNC(=O)O)cc1. The predicted molar refractivity (Wildman–Crippen MR) is 174 cm³/mol. The van der Waals surface area contributed by atoms with Crippen LogP contribution >= 0.6 is 11.6 Å². The molecule has 0 saturated carbocycles. The zero-order chi connectivity index (χ0) is 31.1. The first-order valence-electron chi connectivity index (χ1n) is 15.1. The number of halogens is 1. The van der Waals surface area contributed by atoms with E-state index >= 15 is 0 Å². The van der Waals surface area contributed by atoms with Gasteiger partial charge in [0, 0.05) is 68.9 Å². The van der Waals surface area contributed by atoms with E-state index in [1.807, 2.05) is 49.4 Å². The summed E-state index contributed by atoms with van der Waals surface area (Å²) in [6, 6.07) is 26.8. The number of nitrogens with zero attached hydrogens (tertiary/aromatic N) is 2. The summed E-state index contributed by atoms with van der Waals surface area (Å²) in [6.07, 6.45) is -0.287. The molecule has 2 atom stereocenters. The minimum absolute atomic E-state index is 0.0528. The monoisotopic (exact) mass is 616 g/mol. The molecule has 0 radical (unpaired) electrons. The Morgan fingerprint density at radius 1 is 0.955 bits per heavy atom. The Kier molecular flexibility index (Phi) is 13.1. The summed E-state index contributed by atoms with van der Waals surface area (Å²) in [4.78, 5) is 27.9. The van der Waals surface area contributed by atoms with Crippen molar-refractivity contribution in [1.29, 1.82) is 0 Å². The fraction of sp³-hybridized carbons (Fsp3) is 0.371. The van der Waals surface area contributed by atoms with Crippen LogP contribution in [-0.2, 0) is 16.1 Å². The highest BCUT2D eigenvalue weighted by Crippen LogP contribution is 2.30. The average molecular weight is 617 g/mol. The van der Waals surface area contributed by atoms with Crippen LogP contribution in [0.4, 0.5) is 4.79 Å². The largest absolute Gasteiger partial charge is 0.466 e. The second-order valence-corrected chi connectivity index (χ2v) is 11.2. The lowest BCUT2D eigenvalue weighted by atomic mass is 9.96. The van der Waals surface area contributed by atoms with Gasteiger partial charge < -0.3 is 20.5 Å². The molecule has 3 aromatic carbocycles. The first kappa shape index (κ1) is 33.0. The van der Waals surface area contributed by atoms with Crippen LogP contribution in [0.3, 0.4) is 0 Å². The molecule has 1 saturated heterocycles. The van der Waals surface area contributed by atoms with Gasteiger partial charge in [0.1, 0.15) is 0 Å².